The van der Waals surface area contributed by atoms with E-state index >= 15 is 0 Å². The molecule has 19 heteroatoms. The Morgan fingerprint density at radius 3 is 0.966 bits per heavy atom. The van der Waals surface area contributed by atoms with E-state index in [1.807, 2.05) is 6.08 Å². The van der Waals surface area contributed by atoms with Crippen LogP contribution in [0.1, 0.15) is 341 Å². The number of aliphatic hydroxyl groups is 11. The van der Waals surface area contributed by atoms with Gasteiger partial charge in [0, 0.05) is 6.42 Å². The third-order valence-electron chi connectivity index (χ3n) is 22.2. The summed E-state index contributed by atoms with van der Waals surface area (Å²) in [5.41, 5.74) is 0. The lowest BCUT2D eigenvalue weighted by molar-refractivity contribution is -0.379. The molecule has 3 rings (SSSR count). The van der Waals surface area contributed by atoms with Crippen molar-refractivity contribution in [3.05, 3.63) is 134 Å². The highest BCUT2D eigenvalue weighted by Crippen LogP contribution is 2.33. The summed E-state index contributed by atoms with van der Waals surface area (Å²) in [4.78, 5) is 13.5. The highest BCUT2D eigenvalue weighted by Gasteiger charge is 2.54. The molecule has 3 heterocycles. The number of nitrogens with one attached hydrogen (secondary N) is 1. The molecule has 17 unspecified atom stereocenters. The lowest BCUT2D eigenvalue weighted by atomic mass is 9.96. The standard InChI is InChI=1S/C97H167NO18/c1-3-5-7-9-11-13-15-17-19-21-23-25-27-29-31-33-35-36-37-38-39-40-41-42-43-44-45-47-49-51-53-55-57-59-61-63-65-67-69-71-73-75-85(103)98-80(81(102)74-72-70-68-66-64-62-60-58-56-54-52-50-48-46-34-32-30-28-26-24-22-20-18-16-14-12-10-8-6-4-2)79-111-95-91(109)88(106)93(83(77-100)113-95)116-97-92(110)89(107)94(84(78-101)114-97)115-96-90(108)87(105)86(104)82(76-99)112-96/h5,7,11,13,17,19,23,25,29,31,35-36,38-39,41-42,56,58,64,66,72,74,80-84,86-97,99-102,104-110H,3-4,6,8-10,12,14-16,18,20-22,24,26-28,30,32-34,37,40,43-55,57,59-63,65,67-71,73,75-79H2,1-2H3,(H,98,103)/b7-5-,13-11-,19-17-,25-23-,31-29-,36-35-,39-38-,42-41-,58-56+,66-64+,74-72+. The first-order valence-corrected chi connectivity index (χ1v) is 46.4. The molecule has 0 saturated carbocycles. The minimum Gasteiger partial charge on any atom is -0.394 e. The van der Waals surface area contributed by atoms with Gasteiger partial charge in [0.15, 0.2) is 18.9 Å². The summed E-state index contributed by atoms with van der Waals surface area (Å²) in [5.74, 6) is -0.290. The molecule has 3 aliphatic heterocycles. The Balaban J connectivity index is 1.33. The molecule has 0 aromatic heterocycles. The van der Waals surface area contributed by atoms with E-state index in [1.54, 1.807) is 6.08 Å². The molecule has 19 nitrogen and oxygen atoms in total. The lowest BCUT2D eigenvalue weighted by Gasteiger charge is -2.48. The topological polar surface area (TPSA) is 307 Å². The molecule has 0 aromatic carbocycles. The Morgan fingerprint density at radius 1 is 0.319 bits per heavy atom. The quantitative estimate of drug-likeness (QED) is 0.0199. The fraction of sp³-hybridized carbons (Fsp3) is 0.763. The van der Waals surface area contributed by atoms with Crippen molar-refractivity contribution >= 4 is 5.91 Å². The summed E-state index contributed by atoms with van der Waals surface area (Å²) in [6.07, 6.45) is 81.8. The maximum Gasteiger partial charge on any atom is 0.220 e. The van der Waals surface area contributed by atoms with Gasteiger partial charge < -0.3 is 89.9 Å². The third-order valence-corrected chi connectivity index (χ3v) is 22.2. The molecule has 3 aliphatic rings. The third kappa shape index (κ3) is 52.3. The van der Waals surface area contributed by atoms with Gasteiger partial charge >= 0.3 is 0 Å². The average Bonchev–Trinajstić information content (AvgIpc) is 0.783. The zero-order chi connectivity index (χ0) is 83.8. The van der Waals surface area contributed by atoms with Gasteiger partial charge in [-0.1, -0.05) is 359 Å². The molecule has 17 atom stereocenters. The number of amides is 1. The molecule has 3 fully saturated rings. The maximum atomic E-state index is 13.5. The van der Waals surface area contributed by atoms with Crippen LogP contribution in [0.5, 0.6) is 0 Å². The number of carbonyl (C=O) groups excluding carboxylic acids is 1. The molecule has 0 spiro atoms. The average molecular weight is 1640 g/mol. The van der Waals surface area contributed by atoms with E-state index in [-0.39, 0.29) is 18.9 Å². The largest absolute Gasteiger partial charge is 0.394 e. The van der Waals surface area contributed by atoms with Crippen molar-refractivity contribution in [1.29, 1.82) is 0 Å². The molecule has 0 aromatic rings. The Kier molecular flexibility index (Phi) is 68.4. The first kappa shape index (κ1) is 106. The monoisotopic (exact) mass is 1630 g/mol. The van der Waals surface area contributed by atoms with Crippen LogP contribution in [0.15, 0.2) is 134 Å². The first-order chi connectivity index (χ1) is 56.8. The van der Waals surface area contributed by atoms with Crippen LogP contribution in [0.3, 0.4) is 0 Å². The van der Waals surface area contributed by atoms with Gasteiger partial charge in [0.25, 0.3) is 0 Å². The summed E-state index contributed by atoms with van der Waals surface area (Å²) in [5, 5.41) is 121. The van der Waals surface area contributed by atoms with Crippen LogP contribution in [0.2, 0.25) is 0 Å². The minimum atomic E-state index is -1.99. The molecule has 3 saturated heterocycles. The molecule has 0 aliphatic carbocycles. The van der Waals surface area contributed by atoms with Crippen molar-refractivity contribution in [1.82, 2.24) is 5.32 Å². The number of ether oxygens (including phenoxy) is 6. The molecule has 0 bridgehead atoms. The van der Waals surface area contributed by atoms with Crippen molar-refractivity contribution < 1.29 is 89.4 Å². The van der Waals surface area contributed by atoms with Crippen molar-refractivity contribution in [3.8, 4) is 0 Å². The number of rotatable bonds is 74. The van der Waals surface area contributed by atoms with Gasteiger partial charge in [0.1, 0.15) is 73.2 Å². The van der Waals surface area contributed by atoms with Crippen molar-refractivity contribution in [3.63, 3.8) is 0 Å². The number of allylic oxidation sites excluding steroid dienone is 21. The van der Waals surface area contributed by atoms with E-state index in [9.17, 15) is 61.0 Å². The van der Waals surface area contributed by atoms with Crippen molar-refractivity contribution in [2.24, 2.45) is 0 Å². The molecule has 668 valence electrons. The van der Waals surface area contributed by atoms with Crippen molar-refractivity contribution in [2.75, 3.05) is 26.4 Å². The Bertz CT molecular complexity index is 2620. The van der Waals surface area contributed by atoms with Crippen LogP contribution in [-0.4, -0.2) is 193 Å². The molecule has 0 radical (unpaired) electrons. The van der Waals surface area contributed by atoms with Crippen molar-refractivity contribution in [2.45, 2.75) is 446 Å². The van der Waals surface area contributed by atoms with Crippen LogP contribution >= 0.6 is 0 Å². The second-order valence-electron chi connectivity index (χ2n) is 32.4. The maximum absolute atomic E-state index is 13.5. The van der Waals surface area contributed by atoms with Gasteiger partial charge in [-0.2, -0.15) is 0 Å². The Labute approximate surface area is 702 Å². The van der Waals surface area contributed by atoms with Gasteiger partial charge in [-0.3, -0.25) is 4.79 Å². The second kappa shape index (κ2) is 74.7. The zero-order valence-electron chi connectivity index (χ0n) is 72.2. The second-order valence-corrected chi connectivity index (χ2v) is 32.4. The SMILES string of the molecule is CC/C=C\C/C=C\C/C=C\C/C=C\C/C=C\C/C=C\C/C=C\C/C=C\CCCCCCCCCCCCCCCCCCC(=O)NC(COC1OC(CO)C(OC2OC(CO)C(OC3OC(CO)C(O)C(O)C3O)C(O)C2O)C(O)C1O)C(O)/C=C/CC/C=C/CC/C=C/CCCCCCCCCCCCCCCCCCCCCC. The fourth-order valence-electron chi connectivity index (χ4n) is 14.8. The number of aliphatic hydroxyl groups excluding tert-OH is 11. The van der Waals surface area contributed by atoms with Crippen LogP contribution in [0, 0.1) is 0 Å². The number of unbranched alkanes of at least 4 members (excludes halogenated alkanes) is 38. The summed E-state index contributed by atoms with van der Waals surface area (Å²) in [6.45, 7) is 1.63. The fourth-order valence-corrected chi connectivity index (χ4v) is 14.8. The number of hydrogen-bond donors (Lipinski definition) is 12. The van der Waals surface area contributed by atoms with E-state index < -0.39 is 124 Å². The smallest absolute Gasteiger partial charge is 0.220 e. The summed E-state index contributed by atoms with van der Waals surface area (Å²) >= 11 is 0. The Morgan fingerprint density at radius 2 is 0.603 bits per heavy atom. The molecule has 116 heavy (non-hydrogen) atoms. The Hall–Kier alpha value is -4.07. The van der Waals surface area contributed by atoms with E-state index in [0.717, 1.165) is 96.3 Å². The van der Waals surface area contributed by atoms with Crippen LogP contribution < -0.4 is 5.32 Å². The predicted molar refractivity (Wildman–Crippen MR) is 470 cm³/mol. The van der Waals surface area contributed by atoms with Gasteiger partial charge in [0.2, 0.25) is 5.91 Å². The molecule has 12 N–H and O–H groups in total. The van der Waals surface area contributed by atoms with Crippen LogP contribution in [0.4, 0.5) is 0 Å². The summed E-state index contributed by atoms with van der Waals surface area (Å²) in [7, 11) is 0. The molecular weight excluding hydrogens is 1470 g/mol. The van der Waals surface area contributed by atoms with Crippen LogP contribution in [-0.2, 0) is 33.2 Å². The predicted octanol–water partition coefficient (Wildman–Crippen LogP) is 18.4. The highest BCUT2D eigenvalue weighted by atomic mass is 16.8. The molecule has 1 amide bonds. The van der Waals surface area contributed by atoms with E-state index in [0.29, 0.717) is 12.8 Å². The minimum absolute atomic E-state index is 0.226. The van der Waals surface area contributed by atoms with E-state index in [4.69, 9.17) is 28.4 Å². The van der Waals surface area contributed by atoms with Gasteiger partial charge in [-0.15, -0.1) is 0 Å². The summed E-state index contributed by atoms with van der Waals surface area (Å²) < 4.78 is 34.5. The number of carbonyl (C=O) groups is 1. The first-order valence-electron chi connectivity index (χ1n) is 46.4. The lowest BCUT2D eigenvalue weighted by Crippen LogP contribution is -2.66. The molecular formula is C97H167NO18. The van der Waals surface area contributed by atoms with Gasteiger partial charge in [0.05, 0.1) is 38.6 Å². The van der Waals surface area contributed by atoms with Gasteiger partial charge in [-0.05, 0) is 109 Å². The van der Waals surface area contributed by atoms with E-state index in [1.165, 1.54) is 212 Å². The number of hydrogen-bond acceptors (Lipinski definition) is 18. The highest BCUT2D eigenvalue weighted by molar-refractivity contribution is 5.76. The van der Waals surface area contributed by atoms with Crippen LogP contribution in [0.25, 0.3) is 0 Å². The normalized spacial score (nSPS) is 25.1. The van der Waals surface area contributed by atoms with E-state index in [2.05, 4.69) is 141 Å². The summed E-state index contributed by atoms with van der Waals surface area (Å²) in [6, 6.07) is -1.01. The zero-order valence-corrected chi connectivity index (χ0v) is 72.2. The van der Waals surface area contributed by atoms with Gasteiger partial charge in [-0.25, -0.2) is 0 Å².